The number of amides is 1. The lowest BCUT2D eigenvalue weighted by Crippen LogP contribution is -2.48. The Morgan fingerprint density at radius 2 is 1.85 bits per heavy atom. The van der Waals surface area contributed by atoms with Crippen LogP contribution in [0.25, 0.3) is 0 Å². The number of nitro benzene ring substituents is 1. The molecule has 0 unspecified atom stereocenters. The Morgan fingerprint density at radius 1 is 1.15 bits per heavy atom. The van der Waals surface area contributed by atoms with E-state index in [4.69, 9.17) is 4.74 Å². The van der Waals surface area contributed by atoms with Crippen LogP contribution in [0.3, 0.4) is 0 Å². The second kappa shape index (κ2) is 8.46. The van der Waals surface area contributed by atoms with Gasteiger partial charge in [-0.3, -0.25) is 19.8 Å². The third kappa shape index (κ3) is 4.13. The molecule has 0 aromatic heterocycles. The topological polar surface area (TPSA) is 79.2 Å². The molecular weight excluding hydrogens is 336 g/mol. The number of ether oxygens (including phenoxy) is 1. The molecule has 0 saturated carbocycles. The minimum atomic E-state index is -0.402. The molecule has 0 spiro atoms. The highest BCUT2D eigenvalue weighted by Crippen LogP contribution is 2.30. The third-order valence-corrected chi connectivity index (χ3v) is 4.97. The van der Waals surface area contributed by atoms with Crippen LogP contribution < -0.4 is 4.90 Å². The summed E-state index contributed by atoms with van der Waals surface area (Å²) in [6.45, 7) is 8.58. The van der Waals surface area contributed by atoms with Gasteiger partial charge in [0.15, 0.2) is 0 Å². The molecule has 3 rings (SSSR count). The molecule has 8 heteroatoms. The number of rotatable bonds is 5. The first kappa shape index (κ1) is 18.6. The van der Waals surface area contributed by atoms with Crippen molar-refractivity contribution < 1.29 is 14.5 Å². The lowest BCUT2D eigenvalue weighted by atomic mass is 10.1. The number of nitrogens with zero attached hydrogens (tertiary/aromatic N) is 4. The van der Waals surface area contributed by atoms with E-state index in [2.05, 4.69) is 11.8 Å². The predicted molar refractivity (Wildman–Crippen MR) is 98.8 cm³/mol. The van der Waals surface area contributed by atoms with Crippen LogP contribution in [0.15, 0.2) is 18.2 Å². The molecule has 1 amide bonds. The molecule has 0 bridgehead atoms. The number of morpholine rings is 1. The molecule has 26 heavy (non-hydrogen) atoms. The summed E-state index contributed by atoms with van der Waals surface area (Å²) in [5, 5.41) is 11.5. The van der Waals surface area contributed by atoms with Gasteiger partial charge in [-0.15, -0.1) is 0 Å². The molecule has 1 aromatic carbocycles. The molecule has 0 N–H and O–H groups in total. The third-order valence-electron chi connectivity index (χ3n) is 4.97. The fourth-order valence-corrected chi connectivity index (χ4v) is 3.55. The van der Waals surface area contributed by atoms with Crippen molar-refractivity contribution in [2.24, 2.45) is 0 Å². The highest BCUT2D eigenvalue weighted by atomic mass is 16.6. The van der Waals surface area contributed by atoms with Crippen LogP contribution in [0.2, 0.25) is 0 Å². The number of hydrogen-bond donors (Lipinski definition) is 0. The Balaban J connectivity index is 1.74. The molecule has 2 aliphatic rings. The van der Waals surface area contributed by atoms with Crippen molar-refractivity contribution in [3.05, 3.63) is 33.9 Å². The highest BCUT2D eigenvalue weighted by molar-refractivity contribution is 5.96. The van der Waals surface area contributed by atoms with Crippen molar-refractivity contribution in [3.63, 3.8) is 0 Å². The van der Waals surface area contributed by atoms with Gasteiger partial charge in [0.1, 0.15) is 5.69 Å². The average molecular weight is 362 g/mol. The minimum Gasteiger partial charge on any atom is -0.378 e. The lowest BCUT2D eigenvalue weighted by Gasteiger charge is -2.34. The van der Waals surface area contributed by atoms with Gasteiger partial charge in [0.25, 0.3) is 11.6 Å². The summed E-state index contributed by atoms with van der Waals surface area (Å²) in [4.78, 5) is 30.0. The molecule has 2 heterocycles. The van der Waals surface area contributed by atoms with Crippen LogP contribution in [0.4, 0.5) is 11.4 Å². The molecule has 0 atom stereocenters. The summed E-state index contributed by atoms with van der Waals surface area (Å²) in [5.74, 6) is -0.127. The summed E-state index contributed by atoms with van der Waals surface area (Å²) in [6.07, 6.45) is 1.10. The van der Waals surface area contributed by atoms with E-state index in [1.54, 1.807) is 17.0 Å². The van der Waals surface area contributed by atoms with Crippen molar-refractivity contribution in [2.75, 3.05) is 63.9 Å². The average Bonchev–Trinajstić information content (AvgIpc) is 2.68. The van der Waals surface area contributed by atoms with E-state index in [0.29, 0.717) is 50.6 Å². The van der Waals surface area contributed by atoms with E-state index in [1.165, 1.54) is 6.07 Å². The van der Waals surface area contributed by atoms with Crippen molar-refractivity contribution in [2.45, 2.75) is 13.3 Å². The van der Waals surface area contributed by atoms with Gasteiger partial charge in [-0.25, -0.2) is 0 Å². The molecule has 2 fully saturated rings. The minimum absolute atomic E-state index is 0.0117. The first-order valence-electron chi connectivity index (χ1n) is 9.23. The molecule has 8 nitrogen and oxygen atoms in total. The van der Waals surface area contributed by atoms with Crippen molar-refractivity contribution in [1.82, 2.24) is 9.80 Å². The van der Waals surface area contributed by atoms with Gasteiger partial charge >= 0.3 is 0 Å². The maximum Gasteiger partial charge on any atom is 0.293 e. The molecule has 0 radical (unpaired) electrons. The van der Waals surface area contributed by atoms with Crippen molar-refractivity contribution in [1.29, 1.82) is 0 Å². The number of piperazine rings is 1. The number of carbonyl (C=O) groups is 1. The first-order valence-corrected chi connectivity index (χ1v) is 9.23. The molecule has 142 valence electrons. The smallest absolute Gasteiger partial charge is 0.293 e. The SMILES string of the molecule is CCCN1CCN(C(=O)c2ccc(N3CCOCC3)c([N+](=O)[O-])c2)CC1. The van der Waals surface area contributed by atoms with Crippen LogP contribution in [0.5, 0.6) is 0 Å². The van der Waals surface area contributed by atoms with E-state index in [9.17, 15) is 14.9 Å². The Labute approximate surface area is 153 Å². The molecule has 2 saturated heterocycles. The summed E-state index contributed by atoms with van der Waals surface area (Å²) in [7, 11) is 0. The van der Waals surface area contributed by atoms with Gasteiger partial charge in [-0.05, 0) is 25.1 Å². The van der Waals surface area contributed by atoms with Gasteiger partial charge in [0.05, 0.1) is 18.1 Å². The van der Waals surface area contributed by atoms with Gasteiger partial charge in [-0.2, -0.15) is 0 Å². The number of benzene rings is 1. The van der Waals surface area contributed by atoms with Gasteiger partial charge in [0.2, 0.25) is 0 Å². The lowest BCUT2D eigenvalue weighted by molar-refractivity contribution is -0.384. The summed E-state index contributed by atoms with van der Waals surface area (Å²) >= 11 is 0. The Morgan fingerprint density at radius 3 is 2.46 bits per heavy atom. The Kier molecular flexibility index (Phi) is 6.05. The van der Waals surface area contributed by atoms with E-state index < -0.39 is 4.92 Å². The summed E-state index contributed by atoms with van der Waals surface area (Å²) < 4.78 is 5.31. The molecule has 1 aromatic rings. The zero-order chi connectivity index (χ0) is 18.5. The molecule has 2 aliphatic heterocycles. The second-order valence-electron chi connectivity index (χ2n) is 6.69. The fraction of sp³-hybridized carbons (Fsp3) is 0.611. The number of carbonyl (C=O) groups excluding carboxylic acids is 1. The van der Waals surface area contributed by atoms with Crippen molar-refractivity contribution in [3.8, 4) is 0 Å². The maximum atomic E-state index is 12.8. The maximum absolute atomic E-state index is 12.8. The van der Waals surface area contributed by atoms with Crippen molar-refractivity contribution >= 4 is 17.3 Å². The summed E-state index contributed by atoms with van der Waals surface area (Å²) in [5.41, 5.74) is 0.933. The van der Waals surface area contributed by atoms with Crippen LogP contribution in [0.1, 0.15) is 23.7 Å². The Bertz CT molecular complexity index is 653. The highest BCUT2D eigenvalue weighted by Gasteiger charge is 2.26. The van der Waals surface area contributed by atoms with E-state index in [0.717, 1.165) is 26.1 Å². The van der Waals surface area contributed by atoms with Gasteiger partial charge < -0.3 is 14.5 Å². The summed E-state index contributed by atoms with van der Waals surface area (Å²) in [6, 6.07) is 4.83. The van der Waals surface area contributed by atoms with Crippen LogP contribution >= 0.6 is 0 Å². The van der Waals surface area contributed by atoms with Crippen LogP contribution in [-0.4, -0.2) is 79.7 Å². The number of hydrogen-bond acceptors (Lipinski definition) is 6. The van der Waals surface area contributed by atoms with Crippen LogP contribution in [0, 0.1) is 10.1 Å². The predicted octanol–water partition coefficient (Wildman–Crippen LogP) is 1.60. The molecular formula is C18H26N4O4. The zero-order valence-electron chi connectivity index (χ0n) is 15.2. The standard InChI is InChI=1S/C18H26N4O4/c1-2-5-19-6-8-21(9-7-19)18(23)15-3-4-16(17(14-15)22(24)25)20-10-12-26-13-11-20/h3-4,14H,2,5-13H2,1H3. The van der Waals surface area contributed by atoms with E-state index in [1.807, 2.05) is 4.90 Å². The second-order valence-corrected chi connectivity index (χ2v) is 6.69. The van der Waals surface area contributed by atoms with Gasteiger partial charge in [0, 0.05) is 50.9 Å². The van der Waals surface area contributed by atoms with E-state index >= 15 is 0 Å². The molecule has 0 aliphatic carbocycles. The number of nitro groups is 1. The largest absolute Gasteiger partial charge is 0.378 e. The zero-order valence-corrected chi connectivity index (χ0v) is 15.2. The van der Waals surface area contributed by atoms with Crippen LogP contribution in [-0.2, 0) is 4.74 Å². The van der Waals surface area contributed by atoms with E-state index in [-0.39, 0.29) is 11.6 Å². The monoisotopic (exact) mass is 362 g/mol. The first-order chi connectivity index (χ1) is 12.6. The normalized spacial score (nSPS) is 18.8. The fourth-order valence-electron chi connectivity index (χ4n) is 3.55. The Hall–Kier alpha value is -2.19. The number of anilines is 1. The van der Waals surface area contributed by atoms with Gasteiger partial charge in [-0.1, -0.05) is 6.92 Å². The quantitative estimate of drug-likeness (QED) is 0.585.